The summed E-state index contributed by atoms with van der Waals surface area (Å²) in [5.74, 6) is -1.01. The van der Waals surface area contributed by atoms with Crippen LogP contribution in [0.15, 0.2) is 18.5 Å². The number of nitrogen functional groups attached to an aromatic ring is 1. The van der Waals surface area contributed by atoms with Crippen LogP contribution in [0.5, 0.6) is 0 Å². The highest BCUT2D eigenvalue weighted by molar-refractivity contribution is 5.70. The number of aromatic nitrogens is 3. The molecule has 13 nitrogen and oxygen atoms in total. The number of ether oxygens (including phenoxy) is 5. The van der Waals surface area contributed by atoms with Gasteiger partial charge in [-0.05, 0) is 65.5 Å². The summed E-state index contributed by atoms with van der Waals surface area (Å²) in [4.78, 5) is 30.8. The molecule has 3 aliphatic heterocycles. The third-order valence-electron chi connectivity index (χ3n) is 7.39. The van der Waals surface area contributed by atoms with Crippen molar-refractivity contribution in [1.82, 2.24) is 19.5 Å². The summed E-state index contributed by atoms with van der Waals surface area (Å²) in [6, 6.07) is 5.69. The summed E-state index contributed by atoms with van der Waals surface area (Å²) < 4.78 is 31.2. The summed E-state index contributed by atoms with van der Waals surface area (Å²) in [6.07, 6.45) is 0.308. The van der Waals surface area contributed by atoms with E-state index in [9.17, 15) is 14.9 Å². The van der Waals surface area contributed by atoms with Crippen molar-refractivity contribution in [2.75, 3.05) is 25.4 Å². The number of nitrogens with zero attached hydrogens (tertiary/aromatic N) is 5. The average molecular weight is 557 g/mol. The highest BCUT2D eigenvalue weighted by atomic mass is 16.8. The van der Waals surface area contributed by atoms with Gasteiger partial charge >= 0.3 is 12.1 Å². The molecule has 2 aromatic heterocycles. The molecular weight excluding hydrogens is 520 g/mol. The topological polar surface area (TPSA) is 164 Å². The number of hydrogen-bond donors (Lipinski definition) is 1. The van der Waals surface area contributed by atoms with Crippen LogP contribution >= 0.6 is 0 Å². The van der Waals surface area contributed by atoms with E-state index in [2.05, 4.69) is 16.2 Å². The van der Waals surface area contributed by atoms with Gasteiger partial charge in [0, 0.05) is 19.5 Å². The van der Waals surface area contributed by atoms with E-state index < -0.39 is 35.3 Å². The maximum Gasteiger partial charge on any atom is 0.410 e. The lowest BCUT2D eigenvalue weighted by atomic mass is 9.92. The Morgan fingerprint density at radius 3 is 2.60 bits per heavy atom. The summed E-state index contributed by atoms with van der Waals surface area (Å²) in [6.45, 7) is 9.95. The fraction of sp³-hybridized carbons (Fsp3) is 0.667. The maximum absolute atomic E-state index is 12.8. The van der Waals surface area contributed by atoms with Gasteiger partial charge in [0.15, 0.2) is 11.6 Å². The molecule has 5 rings (SSSR count). The first-order valence-corrected chi connectivity index (χ1v) is 13.5. The lowest BCUT2D eigenvalue weighted by Gasteiger charge is -2.33. The van der Waals surface area contributed by atoms with Gasteiger partial charge in [0.05, 0.1) is 5.69 Å². The van der Waals surface area contributed by atoms with Crippen molar-refractivity contribution < 1.29 is 33.3 Å². The largest absolute Gasteiger partial charge is 0.463 e. The van der Waals surface area contributed by atoms with E-state index in [-0.39, 0.29) is 36.8 Å². The molecule has 0 saturated carbocycles. The average Bonchev–Trinajstić information content (AvgIpc) is 3.53. The van der Waals surface area contributed by atoms with E-state index in [0.29, 0.717) is 37.1 Å². The lowest BCUT2D eigenvalue weighted by Crippen LogP contribution is -2.42. The Labute approximate surface area is 232 Å². The van der Waals surface area contributed by atoms with Crippen LogP contribution in [0, 0.1) is 17.2 Å². The predicted octanol–water partition coefficient (Wildman–Crippen LogP) is 2.53. The molecule has 0 spiro atoms. The van der Waals surface area contributed by atoms with E-state index in [0.717, 1.165) is 0 Å². The molecule has 0 unspecified atom stereocenters. The Hall–Kier alpha value is -3.47. The first-order valence-electron chi connectivity index (χ1n) is 13.5. The number of hydrogen-bond acceptors (Lipinski definition) is 11. The van der Waals surface area contributed by atoms with E-state index in [4.69, 9.17) is 29.4 Å². The molecule has 5 heterocycles. The Morgan fingerprint density at radius 1 is 1.20 bits per heavy atom. The highest BCUT2D eigenvalue weighted by Gasteiger charge is 2.65. The molecule has 216 valence electrons. The third kappa shape index (κ3) is 5.31. The molecule has 4 atom stereocenters. The zero-order valence-electron chi connectivity index (χ0n) is 23.5. The molecule has 2 N–H and O–H groups in total. The molecule has 0 radical (unpaired) electrons. The quantitative estimate of drug-likeness (QED) is 0.538. The predicted molar refractivity (Wildman–Crippen MR) is 139 cm³/mol. The zero-order valence-corrected chi connectivity index (χ0v) is 23.5. The normalized spacial score (nSPS) is 28.3. The fourth-order valence-corrected chi connectivity index (χ4v) is 5.58. The zero-order chi connectivity index (χ0) is 28.9. The molecular formula is C27H36N6O7. The number of rotatable bonds is 5. The Kier molecular flexibility index (Phi) is 7.14. The highest BCUT2D eigenvalue weighted by Crippen LogP contribution is 2.49. The Balaban J connectivity index is 1.23. The second kappa shape index (κ2) is 10.2. The van der Waals surface area contributed by atoms with Crippen molar-refractivity contribution in [2.24, 2.45) is 5.92 Å². The summed E-state index contributed by atoms with van der Waals surface area (Å²) in [7, 11) is 0. The van der Waals surface area contributed by atoms with Gasteiger partial charge in [0.2, 0.25) is 5.60 Å². The van der Waals surface area contributed by atoms with Crippen LogP contribution in [0.3, 0.4) is 0 Å². The van der Waals surface area contributed by atoms with Crippen molar-refractivity contribution in [3.63, 3.8) is 0 Å². The molecule has 3 saturated heterocycles. The van der Waals surface area contributed by atoms with E-state index in [1.54, 1.807) is 30.9 Å². The maximum atomic E-state index is 12.8. The van der Waals surface area contributed by atoms with Crippen LogP contribution in [0.25, 0.3) is 5.52 Å². The third-order valence-corrected chi connectivity index (χ3v) is 7.39. The Morgan fingerprint density at radius 2 is 1.93 bits per heavy atom. The number of anilines is 1. The molecule has 2 aromatic rings. The second-order valence-electron chi connectivity index (χ2n) is 12.0. The molecule has 40 heavy (non-hydrogen) atoms. The molecule has 3 fully saturated rings. The minimum atomic E-state index is -1.59. The van der Waals surface area contributed by atoms with Gasteiger partial charge in [-0.1, -0.05) is 0 Å². The molecule has 0 aromatic carbocycles. The molecule has 0 bridgehead atoms. The van der Waals surface area contributed by atoms with Crippen molar-refractivity contribution in [3.8, 4) is 6.07 Å². The van der Waals surface area contributed by atoms with Crippen LogP contribution in [0.4, 0.5) is 10.6 Å². The van der Waals surface area contributed by atoms with Crippen molar-refractivity contribution in [3.05, 3.63) is 24.2 Å². The summed E-state index contributed by atoms with van der Waals surface area (Å²) in [5.41, 5.74) is 4.80. The number of fused-ring (bicyclic) bond motifs is 2. The van der Waals surface area contributed by atoms with E-state index in [1.165, 1.54) is 10.8 Å². The number of likely N-dealkylation sites (tertiary alicyclic amines) is 1. The van der Waals surface area contributed by atoms with Crippen LogP contribution in [0.1, 0.15) is 59.6 Å². The number of carbonyl (C=O) groups is 2. The van der Waals surface area contributed by atoms with Gasteiger partial charge in [-0.25, -0.2) is 14.3 Å². The number of esters is 1. The van der Waals surface area contributed by atoms with E-state index in [1.807, 2.05) is 20.8 Å². The van der Waals surface area contributed by atoms with Crippen LogP contribution in [-0.4, -0.2) is 81.0 Å². The number of carbonyl (C=O) groups excluding carboxylic acids is 2. The molecule has 3 aliphatic rings. The van der Waals surface area contributed by atoms with Crippen LogP contribution in [-0.2, 0) is 34.1 Å². The van der Waals surface area contributed by atoms with Gasteiger partial charge in [0.25, 0.3) is 0 Å². The first kappa shape index (κ1) is 28.1. The van der Waals surface area contributed by atoms with Gasteiger partial charge < -0.3 is 34.3 Å². The molecule has 1 amide bonds. The smallest absolute Gasteiger partial charge is 0.410 e. The SMILES string of the molecule is CC(C)(C)OC(=O)N1CCC(CC(=O)OC[C@H]2O[C@@](C#N)(c3ccc4c(N)ncnn34)[C@@H]3OC(C)(C)O[C@@H]32)CC1. The minimum absolute atomic E-state index is 0.0869. The molecule has 0 aliphatic carbocycles. The molecule has 13 heteroatoms. The van der Waals surface area contributed by atoms with Crippen molar-refractivity contribution >= 4 is 23.4 Å². The first-order chi connectivity index (χ1) is 18.8. The summed E-state index contributed by atoms with van der Waals surface area (Å²) in [5, 5.41) is 14.7. The number of nitrogens with two attached hydrogens (primary N) is 1. The van der Waals surface area contributed by atoms with Crippen LogP contribution < -0.4 is 5.73 Å². The number of piperidine rings is 1. The van der Waals surface area contributed by atoms with Crippen molar-refractivity contribution in [2.45, 2.75) is 89.2 Å². The number of nitriles is 1. The van der Waals surface area contributed by atoms with Gasteiger partial charge in [-0.15, -0.1) is 0 Å². The summed E-state index contributed by atoms with van der Waals surface area (Å²) >= 11 is 0. The minimum Gasteiger partial charge on any atom is -0.463 e. The fourth-order valence-electron chi connectivity index (χ4n) is 5.58. The van der Waals surface area contributed by atoms with Gasteiger partial charge in [-0.3, -0.25) is 4.79 Å². The second-order valence-corrected chi connectivity index (χ2v) is 12.0. The van der Waals surface area contributed by atoms with Gasteiger partial charge in [0.1, 0.15) is 48.4 Å². The lowest BCUT2D eigenvalue weighted by molar-refractivity contribution is -0.207. The van der Waals surface area contributed by atoms with Crippen LogP contribution in [0.2, 0.25) is 0 Å². The monoisotopic (exact) mass is 556 g/mol. The van der Waals surface area contributed by atoms with E-state index >= 15 is 0 Å². The number of amides is 1. The Bertz CT molecular complexity index is 1320. The van der Waals surface area contributed by atoms with Crippen molar-refractivity contribution in [1.29, 1.82) is 5.26 Å². The van der Waals surface area contributed by atoms with Gasteiger partial charge in [-0.2, -0.15) is 10.4 Å². The standard InChI is InChI=1S/C27H36N6O7/c1-25(2,3)40-24(35)32-10-8-16(9-11-32)12-20(34)36-13-18-21-22(39-26(4,5)38-21)27(14-28,37-18)19-7-6-17-23(29)30-15-31-33(17)19/h6-7,15-16,18,21-22H,8-13H2,1-5H3,(H2,29,30,31)/t18-,21-,22-,27+/m1/s1.